The molecule has 0 radical (unpaired) electrons. The van der Waals surface area contributed by atoms with Crippen molar-refractivity contribution in [2.45, 2.75) is 40.0 Å². The highest BCUT2D eigenvalue weighted by atomic mass is 16.4. The summed E-state index contributed by atoms with van der Waals surface area (Å²) in [7, 11) is 0. The van der Waals surface area contributed by atoms with Crippen molar-refractivity contribution in [3.05, 3.63) is 35.9 Å². The Labute approximate surface area is 122 Å². The Morgan fingerprint density at radius 2 is 1.95 bits per heavy atom. The zero-order valence-corrected chi connectivity index (χ0v) is 12.9. The molecule has 0 spiro atoms. The quantitative estimate of drug-likeness (QED) is 0.681. The van der Waals surface area contributed by atoms with Crippen LogP contribution >= 0.6 is 0 Å². The summed E-state index contributed by atoms with van der Waals surface area (Å²) in [4.78, 5) is 11.0. The third kappa shape index (κ3) is 6.20. The maximum absolute atomic E-state index is 11.0. The van der Waals surface area contributed by atoms with Gasteiger partial charge in [-0.1, -0.05) is 37.3 Å². The topological polar surface area (TPSA) is 49.3 Å². The van der Waals surface area contributed by atoms with E-state index in [4.69, 9.17) is 5.11 Å². The van der Waals surface area contributed by atoms with E-state index in [0.29, 0.717) is 12.3 Å². The fourth-order valence-corrected chi connectivity index (χ4v) is 2.02. The lowest BCUT2D eigenvalue weighted by atomic mass is 9.89. The minimum absolute atomic E-state index is 0.600. The van der Waals surface area contributed by atoms with Crippen molar-refractivity contribution < 1.29 is 9.90 Å². The van der Waals surface area contributed by atoms with Crippen LogP contribution in [0.3, 0.4) is 0 Å². The normalized spacial score (nSPS) is 13.2. The third-order valence-corrected chi connectivity index (χ3v) is 3.77. The minimum Gasteiger partial charge on any atom is -0.481 e. The maximum Gasteiger partial charge on any atom is 0.309 e. The van der Waals surface area contributed by atoms with Crippen LogP contribution < -0.4 is 5.32 Å². The second-order valence-electron chi connectivity index (χ2n) is 6.27. The van der Waals surface area contributed by atoms with Crippen molar-refractivity contribution in [2.75, 3.05) is 13.1 Å². The average Bonchev–Trinajstić information content (AvgIpc) is 2.42. The predicted octanol–water partition coefficient (Wildman–Crippen LogP) is 3.35. The van der Waals surface area contributed by atoms with Gasteiger partial charge in [-0.3, -0.25) is 4.79 Å². The van der Waals surface area contributed by atoms with Crippen molar-refractivity contribution in [1.82, 2.24) is 5.32 Å². The first-order valence-electron chi connectivity index (χ1n) is 7.40. The standard InChI is InChI=1S/C17H27NO2/c1-14(9-10-15-7-5-4-6-8-15)13-18-12-11-17(2,3)16(19)20/h4-8,14,18H,9-13H2,1-3H3,(H,19,20). The summed E-state index contributed by atoms with van der Waals surface area (Å²) in [5, 5.41) is 12.4. The number of nitrogens with one attached hydrogen (secondary N) is 1. The van der Waals surface area contributed by atoms with Crippen LogP contribution in [0.2, 0.25) is 0 Å². The molecule has 0 bridgehead atoms. The number of carbonyl (C=O) groups is 1. The number of rotatable bonds is 9. The first kappa shape index (κ1) is 16.7. The highest BCUT2D eigenvalue weighted by Gasteiger charge is 2.26. The number of hydrogen-bond donors (Lipinski definition) is 2. The summed E-state index contributed by atoms with van der Waals surface area (Å²) in [5.74, 6) is -0.125. The van der Waals surface area contributed by atoms with Gasteiger partial charge in [0.15, 0.2) is 0 Å². The van der Waals surface area contributed by atoms with Gasteiger partial charge in [-0.05, 0) is 57.7 Å². The molecule has 3 heteroatoms. The highest BCUT2D eigenvalue weighted by molar-refractivity contribution is 5.73. The molecule has 0 aromatic heterocycles. The van der Waals surface area contributed by atoms with Crippen molar-refractivity contribution in [3.8, 4) is 0 Å². The lowest BCUT2D eigenvalue weighted by molar-refractivity contribution is -0.147. The maximum atomic E-state index is 11.0. The van der Waals surface area contributed by atoms with Crippen LogP contribution in [0.15, 0.2) is 30.3 Å². The van der Waals surface area contributed by atoms with E-state index in [1.807, 2.05) is 6.07 Å². The first-order chi connectivity index (χ1) is 9.42. The predicted molar refractivity (Wildman–Crippen MR) is 82.8 cm³/mol. The molecule has 0 amide bonds. The Hall–Kier alpha value is -1.35. The van der Waals surface area contributed by atoms with Gasteiger partial charge in [-0.25, -0.2) is 0 Å². The summed E-state index contributed by atoms with van der Waals surface area (Å²) in [6.45, 7) is 7.49. The van der Waals surface area contributed by atoms with E-state index >= 15 is 0 Å². The zero-order chi connectivity index (χ0) is 15.0. The summed E-state index contributed by atoms with van der Waals surface area (Å²) in [6.07, 6.45) is 2.91. The molecular weight excluding hydrogens is 250 g/mol. The van der Waals surface area contributed by atoms with Crippen LogP contribution in [-0.4, -0.2) is 24.2 Å². The lowest BCUT2D eigenvalue weighted by Gasteiger charge is -2.20. The van der Waals surface area contributed by atoms with Crippen molar-refractivity contribution >= 4 is 5.97 Å². The Bertz CT molecular complexity index is 401. The number of aryl methyl sites for hydroxylation is 1. The molecule has 0 fully saturated rings. The minimum atomic E-state index is -0.726. The van der Waals surface area contributed by atoms with Crippen LogP contribution in [-0.2, 0) is 11.2 Å². The molecule has 0 aliphatic heterocycles. The molecule has 0 saturated heterocycles. The molecule has 0 aliphatic rings. The van der Waals surface area contributed by atoms with Crippen LogP contribution in [0.5, 0.6) is 0 Å². The van der Waals surface area contributed by atoms with E-state index < -0.39 is 11.4 Å². The lowest BCUT2D eigenvalue weighted by Crippen LogP contribution is -2.30. The molecule has 112 valence electrons. The van der Waals surface area contributed by atoms with E-state index in [1.165, 1.54) is 5.56 Å². The molecule has 2 N–H and O–H groups in total. The van der Waals surface area contributed by atoms with Crippen molar-refractivity contribution in [3.63, 3.8) is 0 Å². The molecule has 0 aliphatic carbocycles. The Morgan fingerprint density at radius 3 is 2.55 bits per heavy atom. The second kappa shape index (κ2) is 8.05. The van der Waals surface area contributed by atoms with E-state index in [-0.39, 0.29) is 0 Å². The van der Waals surface area contributed by atoms with Gasteiger partial charge in [0.2, 0.25) is 0 Å². The van der Waals surface area contributed by atoms with Gasteiger partial charge in [-0.15, -0.1) is 0 Å². The molecular formula is C17H27NO2. The molecule has 1 aromatic carbocycles. The highest BCUT2D eigenvalue weighted by Crippen LogP contribution is 2.19. The summed E-state index contributed by atoms with van der Waals surface area (Å²) < 4.78 is 0. The fraction of sp³-hybridized carbons (Fsp3) is 0.588. The second-order valence-corrected chi connectivity index (χ2v) is 6.27. The summed E-state index contributed by atoms with van der Waals surface area (Å²) >= 11 is 0. The number of carboxylic acid groups (broad SMARTS) is 1. The molecule has 3 nitrogen and oxygen atoms in total. The molecule has 0 heterocycles. The van der Waals surface area contributed by atoms with Gasteiger partial charge in [0.25, 0.3) is 0 Å². The number of benzene rings is 1. The smallest absolute Gasteiger partial charge is 0.309 e. The molecule has 1 atom stereocenters. The van der Waals surface area contributed by atoms with Crippen LogP contribution in [0.25, 0.3) is 0 Å². The number of carboxylic acids is 1. The molecule has 1 unspecified atom stereocenters. The molecule has 1 rings (SSSR count). The molecule has 0 saturated carbocycles. The monoisotopic (exact) mass is 277 g/mol. The van der Waals surface area contributed by atoms with E-state index in [2.05, 4.69) is 36.5 Å². The third-order valence-electron chi connectivity index (χ3n) is 3.77. The molecule has 1 aromatic rings. The first-order valence-corrected chi connectivity index (χ1v) is 7.40. The Morgan fingerprint density at radius 1 is 1.30 bits per heavy atom. The average molecular weight is 277 g/mol. The van der Waals surface area contributed by atoms with Crippen LogP contribution in [0, 0.1) is 11.3 Å². The van der Waals surface area contributed by atoms with Gasteiger partial charge in [-0.2, -0.15) is 0 Å². The number of aliphatic carboxylic acids is 1. The van der Waals surface area contributed by atoms with Crippen LogP contribution in [0.1, 0.15) is 39.2 Å². The van der Waals surface area contributed by atoms with E-state index in [1.54, 1.807) is 13.8 Å². The van der Waals surface area contributed by atoms with Gasteiger partial charge in [0.05, 0.1) is 5.41 Å². The number of hydrogen-bond acceptors (Lipinski definition) is 2. The largest absolute Gasteiger partial charge is 0.481 e. The van der Waals surface area contributed by atoms with Gasteiger partial charge in [0, 0.05) is 0 Å². The summed E-state index contributed by atoms with van der Waals surface area (Å²) in [6, 6.07) is 10.5. The van der Waals surface area contributed by atoms with E-state index in [0.717, 1.165) is 25.9 Å². The Kier molecular flexibility index (Phi) is 6.73. The Balaban J connectivity index is 2.15. The zero-order valence-electron chi connectivity index (χ0n) is 12.9. The molecule has 20 heavy (non-hydrogen) atoms. The fourth-order valence-electron chi connectivity index (χ4n) is 2.02. The van der Waals surface area contributed by atoms with E-state index in [9.17, 15) is 4.79 Å². The summed E-state index contributed by atoms with van der Waals surface area (Å²) in [5.41, 5.74) is 0.742. The van der Waals surface area contributed by atoms with Gasteiger partial charge in [0.1, 0.15) is 0 Å². The van der Waals surface area contributed by atoms with Crippen molar-refractivity contribution in [2.24, 2.45) is 11.3 Å². The SMILES string of the molecule is CC(CCc1ccccc1)CNCCC(C)(C)C(=O)O. The van der Waals surface area contributed by atoms with Gasteiger partial charge < -0.3 is 10.4 Å². The van der Waals surface area contributed by atoms with Gasteiger partial charge >= 0.3 is 5.97 Å². The van der Waals surface area contributed by atoms with Crippen molar-refractivity contribution in [1.29, 1.82) is 0 Å². The van der Waals surface area contributed by atoms with Crippen LogP contribution in [0.4, 0.5) is 0 Å².